The fraction of sp³-hybridized carbons (Fsp3) is 0.333. The molecule has 32 heavy (non-hydrogen) atoms. The second-order valence-corrected chi connectivity index (χ2v) is 8.72. The number of rotatable bonds is 4. The molecule has 4 aromatic heterocycles. The molecule has 11 heteroatoms. The SMILES string of the molecule is Cn1c(=O)ccc2ncn(Cc3nc(C4[C@H]5CN(c6cc(Cl)ccn6)C[C@@H]45)no3)c(=O)c21. The molecule has 1 saturated carbocycles. The van der Waals surface area contributed by atoms with E-state index in [9.17, 15) is 9.59 Å². The van der Waals surface area contributed by atoms with Crippen LogP contribution in [0.5, 0.6) is 0 Å². The molecular formula is C21H18ClN7O3. The predicted octanol–water partition coefficient (Wildman–Crippen LogP) is 1.42. The van der Waals surface area contributed by atoms with Crippen LogP contribution in [0.25, 0.3) is 11.0 Å². The average molecular weight is 452 g/mol. The number of halogens is 1. The summed E-state index contributed by atoms with van der Waals surface area (Å²) < 4.78 is 8.10. The molecule has 6 rings (SSSR count). The Labute approximate surface area is 186 Å². The lowest BCUT2D eigenvalue weighted by Gasteiger charge is -2.20. The third-order valence-electron chi connectivity index (χ3n) is 6.41. The first-order valence-corrected chi connectivity index (χ1v) is 10.6. The Kier molecular flexibility index (Phi) is 4.19. The highest BCUT2D eigenvalue weighted by molar-refractivity contribution is 6.30. The summed E-state index contributed by atoms with van der Waals surface area (Å²) in [5.41, 5.74) is 0.106. The highest BCUT2D eigenvalue weighted by atomic mass is 35.5. The van der Waals surface area contributed by atoms with E-state index in [2.05, 4.69) is 25.0 Å². The molecule has 1 unspecified atom stereocenters. The molecule has 1 aliphatic carbocycles. The van der Waals surface area contributed by atoms with Crippen LogP contribution in [0.2, 0.25) is 5.02 Å². The number of aromatic nitrogens is 6. The Morgan fingerprint density at radius 1 is 1.16 bits per heavy atom. The van der Waals surface area contributed by atoms with Crippen LogP contribution < -0.4 is 16.0 Å². The lowest BCUT2D eigenvalue weighted by Crippen LogP contribution is -2.28. The fourth-order valence-electron chi connectivity index (χ4n) is 4.69. The Hall–Kier alpha value is -3.53. The van der Waals surface area contributed by atoms with E-state index in [0.29, 0.717) is 34.1 Å². The number of piperidine rings is 1. The van der Waals surface area contributed by atoms with Gasteiger partial charge in [0.1, 0.15) is 17.9 Å². The van der Waals surface area contributed by atoms with Crippen LogP contribution in [0.4, 0.5) is 5.82 Å². The fourth-order valence-corrected chi connectivity index (χ4v) is 4.84. The zero-order chi connectivity index (χ0) is 22.0. The van der Waals surface area contributed by atoms with Gasteiger partial charge in [-0.15, -0.1) is 0 Å². The number of nitrogens with zero attached hydrogens (tertiary/aromatic N) is 7. The topological polar surface area (TPSA) is 112 Å². The molecule has 3 atom stereocenters. The highest BCUT2D eigenvalue weighted by Gasteiger charge is 2.58. The van der Waals surface area contributed by atoms with Crippen LogP contribution in [0, 0.1) is 11.8 Å². The Bertz CT molecular complexity index is 1460. The van der Waals surface area contributed by atoms with E-state index in [1.807, 2.05) is 6.07 Å². The molecule has 0 radical (unpaired) electrons. The van der Waals surface area contributed by atoms with Crippen molar-refractivity contribution < 1.29 is 4.52 Å². The van der Waals surface area contributed by atoms with Crippen molar-refractivity contribution in [1.82, 2.24) is 29.2 Å². The molecule has 0 amide bonds. The van der Waals surface area contributed by atoms with E-state index in [-0.39, 0.29) is 29.1 Å². The van der Waals surface area contributed by atoms with Crippen molar-refractivity contribution in [3.05, 3.63) is 74.2 Å². The minimum Gasteiger partial charge on any atom is -0.356 e. The number of anilines is 1. The van der Waals surface area contributed by atoms with Crippen molar-refractivity contribution in [3.63, 3.8) is 0 Å². The molecule has 0 bridgehead atoms. The van der Waals surface area contributed by atoms with Gasteiger partial charge in [0.05, 0.1) is 11.8 Å². The van der Waals surface area contributed by atoms with Crippen molar-refractivity contribution in [2.75, 3.05) is 18.0 Å². The number of hydrogen-bond donors (Lipinski definition) is 0. The van der Waals surface area contributed by atoms with Gasteiger partial charge in [-0.25, -0.2) is 9.97 Å². The van der Waals surface area contributed by atoms with Gasteiger partial charge in [-0.1, -0.05) is 16.8 Å². The average Bonchev–Trinajstić information content (AvgIpc) is 3.12. The molecule has 0 aromatic carbocycles. The molecule has 1 aliphatic heterocycles. The van der Waals surface area contributed by atoms with Crippen LogP contribution >= 0.6 is 11.6 Å². The number of fused-ring (bicyclic) bond motifs is 2. The van der Waals surface area contributed by atoms with Gasteiger partial charge in [-0.05, 0) is 30.0 Å². The Balaban J connectivity index is 1.19. The monoisotopic (exact) mass is 451 g/mol. The Morgan fingerprint density at radius 2 is 1.97 bits per heavy atom. The minimum atomic E-state index is -0.331. The molecule has 2 aliphatic rings. The standard InChI is InChI=1S/C21H18ClN7O3/c1-27-17(30)3-2-14-19(27)21(31)29(10-24-14)9-16-25-20(26-32-16)18-12-7-28(8-13(12)18)15-6-11(22)4-5-23-15/h2-6,10,12-13,18H,7-9H2,1H3/t12-,13+,18?. The summed E-state index contributed by atoms with van der Waals surface area (Å²) in [7, 11) is 1.55. The summed E-state index contributed by atoms with van der Waals surface area (Å²) in [6.45, 7) is 1.84. The van der Waals surface area contributed by atoms with Gasteiger partial charge in [-0.2, -0.15) is 4.98 Å². The maximum absolute atomic E-state index is 12.9. The van der Waals surface area contributed by atoms with Gasteiger partial charge >= 0.3 is 0 Å². The van der Waals surface area contributed by atoms with Crippen molar-refractivity contribution in [2.24, 2.45) is 18.9 Å². The first-order valence-electron chi connectivity index (χ1n) is 10.2. The summed E-state index contributed by atoms with van der Waals surface area (Å²) in [6.07, 6.45) is 3.15. The molecule has 1 saturated heterocycles. The van der Waals surface area contributed by atoms with E-state index < -0.39 is 0 Å². The molecule has 10 nitrogen and oxygen atoms in total. The lowest BCUT2D eigenvalue weighted by atomic mass is 10.2. The molecule has 162 valence electrons. The second-order valence-electron chi connectivity index (χ2n) is 8.28. The molecule has 0 spiro atoms. The first kappa shape index (κ1) is 19.2. The smallest absolute Gasteiger partial charge is 0.278 e. The number of hydrogen-bond acceptors (Lipinski definition) is 8. The van der Waals surface area contributed by atoms with Gasteiger partial charge in [-0.3, -0.25) is 14.2 Å². The minimum absolute atomic E-state index is 0.0957. The summed E-state index contributed by atoms with van der Waals surface area (Å²) in [5.74, 6) is 3.03. The van der Waals surface area contributed by atoms with Crippen LogP contribution in [0.3, 0.4) is 0 Å². The Morgan fingerprint density at radius 3 is 2.75 bits per heavy atom. The van der Waals surface area contributed by atoms with E-state index in [0.717, 1.165) is 18.9 Å². The predicted molar refractivity (Wildman–Crippen MR) is 116 cm³/mol. The largest absolute Gasteiger partial charge is 0.356 e. The molecule has 4 aromatic rings. The van der Waals surface area contributed by atoms with Crippen LogP contribution in [-0.4, -0.2) is 42.3 Å². The van der Waals surface area contributed by atoms with Gasteiger partial charge in [0.25, 0.3) is 11.1 Å². The summed E-state index contributed by atoms with van der Waals surface area (Å²) in [6, 6.07) is 6.57. The summed E-state index contributed by atoms with van der Waals surface area (Å²) >= 11 is 6.08. The van der Waals surface area contributed by atoms with Crippen LogP contribution in [-0.2, 0) is 13.6 Å². The van der Waals surface area contributed by atoms with Gasteiger partial charge < -0.3 is 14.0 Å². The van der Waals surface area contributed by atoms with Crippen molar-refractivity contribution in [1.29, 1.82) is 0 Å². The zero-order valence-electron chi connectivity index (χ0n) is 17.1. The van der Waals surface area contributed by atoms with Gasteiger partial charge in [0.2, 0.25) is 5.89 Å². The molecule has 5 heterocycles. The quantitative estimate of drug-likeness (QED) is 0.458. The molecule has 0 N–H and O–H groups in total. The summed E-state index contributed by atoms with van der Waals surface area (Å²) in [4.78, 5) is 40.2. The van der Waals surface area contributed by atoms with E-state index in [4.69, 9.17) is 16.1 Å². The first-order chi connectivity index (χ1) is 15.5. The maximum atomic E-state index is 12.9. The lowest BCUT2D eigenvalue weighted by molar-refractivity contribution is 0.363. The van der Waals surface area contributed by atoms with E-state index >= 15 is 0 Å². The van der Waals surface area contributed by atoms with Crippen LogP contribution in [0.1, 0.15) is 17.6 Å². The zero-order valence-corrected chi connectivity index (χ0v) is 17.8. The number of pyridine rings is 2. The van der Waals surface area contributed by atoms with Crippen LogP contribution in [0.15, 0.2) is 50.9 Å². The molecule has 2 fully saturated rings. The van der Waals surface area contributed by atoms with E-state index in [1.54, 1.807) is 25.4 Å². The summed E-state index contributed by atoms with van der Waals surface area (Å²) in [5, 5.41) is 4.83. The van der Waals surface area contributed by atoms with Gasteiger partial charge in [0.15, 0.2) is 5.82 Å². The second kappa shape index (κ2) is 6.99. The normalized spacial score (nSPS) is 21.8. The number of aryl methyl sites for hydroxylation is 1. The van der Waals surface area contributed by atoms with Gasteiger partial charge in [0, 0.05) is 43.3 Å². The molecular weight excluding hydrogens is 434 g/mol. The third kappa shape index (κ3) is 3.01. The van der Waals surface area contributed by atoms with E-state index in [1.165, 1.54) is 21.5 Å². The van der Waals surface area contributed by atoms with Crippen molar-refractivity contribution in [3.8, 4) is 0 Å². The third-order valence-corrected chi connectivity index (χ3v) is 6.64. The maximum Gasteiger partial charge on any atom is 0.278 e. The van der Waals surface area contributed by atoms with Crippen molar-refractivity contribution in [2.45, 2.75) is 12.5 Å². The highest BCUT2D eigenvalue weighted by Crippen LogP contribution is 2.57. The van der Waals surface area contributed by atoms with Crippen molar-refractivity contribution >= 4 is 28.5 Å².